The van der Waals surface area contributed by atoms with Crippen LogP contribution in [0.2, 0.25) is 0 Å². The fourth-order valence-electron chi connectivity index (χ4n) is 2.53. The molecule has 0 unspecified atom stereocenters. The molecule has 1 aliphatic rings. The maximum absolute atomic E-state index is 4.43. The lowest BCUT2D eigenvalue weighted by Crippen LogP contribution is -2.49. The molecule has 0 N–H and O–H groups in total. The normalized spacial score (nSPS) is 15.6. The molecule has 1 aliphatic heterocycles. The zero-order chi connectivity index (χ0) is 13.2. The van der Waals surface area contributed by atoms with E-state index in [1.807, 2.05) is 18.5 Å². The van der Waals surface area contributed by atoms with Gasteiger partial charge in [0.25, 0.3) is 0 Å². The largest absolute Gasteiger partial charge is 0.356 e. The number of aryl methyl sites for hydroxylation is 1. The summed E-state index contributed by atoms with van der Waals surface area (Å²) in [4.78, 5) is 11.1. The Bertz CT molecular complexity index is 543. The second-order valence-electron chi connectivity index (χ2n) is 4.96. The van der Waals surface area contributed by atoms with E-state index in [1.165, 1.54) is 5.82 Å². The van der Waals surface area contributed by atoms with Crippen LogP contribution in [0.1, 0.15) is 12.7 Å². The van der Waals surface area contributed by atoms with Crippen molar-refractivity contribution in [1.82, 2.24) is 14.5 Å². The van der Waals surface area contributed by atoms with E-state index < -0.39 is 0 Å². The summed E-state index contributed by atoms with van der Waals surface area (Å²) in [5.74, 6) is 2.95. The Balaban J connectivity index is 1.57. The standard InChI is InChI=1S/C14H17BrN4/c1-2-13-16-5-6-18(13)8-11-9-19(10-11)14-4-3-12(15)7-17-14/h3-7,11H,2,8-10H2,1H3. The summed E-state index contributed by atoms with van der Waals surface area (Å²) in [5.41, 5.74) is 0. The molecule has 100 valence electrons. The van der Waals surface area contributed by atoms with Gasteiger partial charge in [0.1, 0.15) is 11.6 Å². The van der Waals surface area contributed by atoms with Crippen molar-refractivity contribution in [2.24, 2.45) is 5.92 Å². The highest BCUT2D eigenvalue weighted by molar-refractivity contribution is 9.10. The number of aromatic nitrogens is 3. The quantitative estimate of drug-likeness (QED) is 0.868. The molecule has 2 aromatic heterocycles. The molecular weight excluding hydrogens is 304 g/mol. The number of anilines is 1. The van der Waals surface area contributed by atoms with Gasteiger partial charge in [-0.25, -0.2) is 9.97 Å². The van der Waals surface area contributed by atoms with E-state index in [4.69, 9.17) is 0 Å². The second kappa shape index (κ2) is 5.33. The van der Waals surface area contributed by atoms with Gasteiger partial charge in [0.15, 0.2) is 0 Å². The molecule has 0 aliphatic carbocycles. The smallest absolute Gasteiger partial charge is 0.128 e. The van der Waals surface area contributed by atoms with Gasteiger partial charge in [-0.05, 0) is 28.1 Å². The number of pyridine rings is 1. The first-order chi connectivity index (χ1) is 9.26. The molecule has 0 radical (unpaired) electrons. The molecule has 5 heteroatoms. The van der Waals surface area contributed by atoms with Gasteiger partial charge >= 0.3 is 0 Å². The first kappa shape index (κ1) is 12.7. The summed E-state index contributed by atoms with van der Waals surface area (Å²) in [6, 6.07) is 4.11. The minimum Gasteiger partial charge on any atom is -0.356 e. The van der Waals surface area contributed by atoms with Crippen molar-refractivity contribution in [2.75, 3.05) is 18.0 Å². The molecule has 3 heterocycles. The number of hydrogen-bond acceptors (Lipinski definition) is 3. The maximum atomic E-state index is 4.43. The topological polar surface area (TPSA) is 34.0 Å². The van der Waals surface area contributed by atoms with Crippen LogP contribution >= 0.6 is 15.9 Å². The van der Waals surface area contributed by atoms with E-state index in [1.54, 1.807) is 0 Å². The summed E-state index contributed by atoms with van der Waals surface area (Å²) in [6.07, 6.45) is 6.83. The molecule has 4 nitrogen and oxygen atoms in total. The van der Waals surface area contributed by atoms with Crippen LogP contribution in [0.25, 0.3) is 0 Å². The zero-order valence-electron chi connectivity index (χ0n) is 11.0. The summed E-state index contributed by atoms with van der Waals surface area (Å²) < 4.78 is 3.30. The molecule has 3 rings (SSSR count). The van der Waals surface area contributed by atoms with E-state index in [2.05, 4.69) is 54.6 Å². The number of halogens is 1. The highest BCUT2D eigenvalue weighted by atomic mass is 79.9. The first-order valence-corrected chi connectivity index (χ1v) is 7.42. The van der Waals surface area contributed by atoms with Crippen molar-refractivity contribution in [3.8, 4) is 0 Å². The van der Waals surface area contributed by atoms with Crippen molar-refractivity contribution in [1.29, 1.82) is 0 Å². The van der Waals surface area contributed by atoms with Crippen LogP contribution in [0.5, 0.6) is 0 Å². The van der Waals surface area contributed by atoms with Gasteiger partial charge in [-0.1, -0.05) is 6.92 Å². The van der Waals surface area contributed by atoms with Crippen molar-refractivity contribution in [3.05, 3.63) is 41.0 Å². The SMILES string of the molecule is CCc1nccn1CC1CN(c2ccc(Br)cn2)C1. The van der Waals surface area contributed by atoms with Gasteiger partial charge in [-0.15, -0.1) is 0 Å². The van der Waals surface area contributed by atoms with Gasteiger partial charge < -0.3 is 9.47 Å². The number of rotatable bonds is 4. The highest BCUT2D eigenvalue weighted by Gasteiger charge is 2.28. The van der Waals surface area contributed by atoms with E-state index in [-0.39, 0.29) is 0 Å². The van der Waals surface area contributed by atoms with Crippen LogP contribution in [-0.2, 0) is 13.0 Å². The fraction of sp³-hybridized carbons (Fsp3) is 0.429. The fourth-order valence-corrected chi connectivity index (χ4v) is 2.76. The van der Waals surface area contributed by atoms with Crippen LogP contribution in [0.15, 0.2) is 35.2 Å². The molecule has 0 amide bonds. The Morgan fingerprint density at radius 1 is 1.32 bits per heavy atom. The van der Waals surface area contributed by atoms with Crippen molar-refractivity contribution in [3.63, 3.8) is 0 Å². The van der Waals surface area contributed by atoms with Gasteiger partial charge in [0.2, 0.25) is 0 Å². The Hall–Kier alpha value is -1.36. The second-order valence-corrected chi connectivity index (χ2v) is 5.87. The lowest BCUT2D eigenvalue weighted by Gasteiger charge is -2.40. The average molecular weight is 321 g/mol. The molecule has 2 aromatic rings. The highest BCUT2D eigenvalue weighted by Crippen LogP contribution is 2.25. The first-order valence-electron chi connectivity index (χ1n) is 6.62. The number of nitrogens with zero attached hydrogens (tertiary/aromatic N) is 4. The van der Waals surface area contributed by atoms with E-state index in [0.717, 1.165) is 36.3 Å². The van der Waals surface area contributed by atoms with Gasteiger partial charge in [-0.2, -0.15) is 0 Å². The average Bonchev–Trinajstić information content (AvgIpc) is 2.82. The third-order valence-corrected chi connectivity index (χ3v) is 4.03. The number of hydrogen-bond donors (Lipinski definition) is 0. The number of imidazole rings is 1. The van der Waals surface area contributed by atoms with E-state index in [0.29, 0.717) is 5.92 Å². The molecule has 0 atom stereocenters. The van der Waals surface area contributed by atoms with Crippen LogP contribution in [0, 0.1) is 5.92 Å². The van der Waals surface area contributed by atoms with Crippen molar-refractivity contribution in [2.45, 2.75) is 19.9 Å². The van der Waals surface area contributed by atoms with Crippen LogP contribution in [-0.4, -0.2) is 27.6 Å². The summed E-state index contributed by atoms with van der Waals surface area (Å²) in [5, 5.41) is 0. The lowest BCUT2D eigenvalue weighted by atomic mass is 10.00. The van der Waals surface area contributed by atoms with Crippen LogP contribution in [0.3, 0.4) is 0 Å². The third-order valence-electron chi connectivity index (χ3n) is 3.57. The van der Waals surface area contributed by atoms with E-state index >= 15 is 0 Å². The molecule has 0 spiro atoms. The molecule has 19 heavy (non-hydrogen) atoms. The minimum absolute atomic E-state index is 0.699. The predicted octanol–water partition coefficient (Wildman–Crippen LogP) is 2.74. The Morgan fingerprint density at radius 2 is 2.16 bits per heavy atom. The summed E-state index contributed by atoms with van der Waals surface area (Å²) in [7, 11) is 0. The molecule has 0 aromatic carbocycles. The lowest BCUT2D eigenvalue weighted by molar-refractivity contribution is 0.351. The van der Waals surface area contributed by atoms with Gasteiger partial charge in [0, 0.05) is 55.0 Å². The van der Waals surface area contributed by atoms with Crippen molar-refractivity contribution < 1.29 is 0 Å². The summed E-state index contributed by atoms with van der Waals surface area (Å²) >= 11 is 3.41. The van der Waals surface area contributed by atoms with Crippen LogP contribution in [0.4, 0.5) is 5.82 Å². The third kappa shape index (κ3) is 2.66. The minimum atomic E-state index is 0.699. The van der Waals surface area contributed by atoms with Gasteiger partial charge in [-0.3, -0.25) is 0 Å². The molecule has 1 saturated heterocycles. The Kier molecular flexibility index (Phi) is 3.55. The van der Waals surface area contributed by atoms with E-state index in [9.17, 15) is 0 Å². The molecule has 0 saturated carbocycles. The van der Waals surface area contributed by atoms with Crippen LogP contribution < -0.4 is 4.90 Å². The van der Waals surface area contributed by atoms with Gasteiger partial charge in [0.05, 0.1) is 0 Å². The molecule has 0 bridgehead atoms. The maximum Gasteiger partial charge on any atom is 0.128 e. The van der Waals surface area contributed by atoms with Crippen molar-refractivity contribution >= 4 is 21.7 Å². The predicted molar refractivity (Wildman–Crippen MR) is 79.2 cm³/mol. The Labute approximate surface area is 121 Å². The Morgan fingerprint density at radius 3 is 2.84 bits per heavy atom. The zero-order valence-corrected chi connectivity index (χ0v) is 12.5. The molecular formula is C14H17BrN4. The monoisotopic (exact) mass is 320 g/mol. The summed E-state index contributed by atoms with van der Waals surface area (Å²) in [6.45, 7) is 5.37. The molecule has 1 fully saturated rings.